The van der Waals surface area contributed by atoms with Crippen LogP contribution in [0.1, 0.15) is 18.2 Å². The van der Waals surface area contributed by atoms with Gasteiger partial charge < -0.3 is 40.6 Å². The highest BCUT2D eigenvalue weighted by Gasteiger charge is 2.48. The lowest BCUT2D eigenvalue weighted by atomic mass is 9.98. The molecule has 4 atom stereocenters. The topological polar surface area (TPSA) is 141 Å². The Balaban J connectivity index is 2.06. The number of ether oxygens (including phenoxy) is 1. The van der Waals surface area contributed by atoms with Crippen LogP contribution in [0.15, 0.2) is 24.4 Å². The summed E-state index contributed by atoms with van der Waals surface area (Å²) in [5.41, 5.74) is 7.25. The predicted octanol–water partition coefficient (Wildman–Crippen LogP) is -0.830. The maximum atomic E-state index is 10.2. The van der Waals surface area contributed by atoms with Crippen molar-refractivity contribution in [3.8, 4) is 5.75 Å². The van der Waals surface area contributed by atoms with Gasteiger partial charge >= 0.3 is 0 Å². The van der Waals surface area contributed by atoms with Crippen molar-refractivity contribution in [2.24, 2.45) is 5.73 Å². The molecule has 8 heteroatoms. The second-order valence-electron chi connectivity index (χ2n) is 6.13. The average Bonchev–Trinajstić information content (AvgIpc) is 2.90. The Labute approximate surface area is 138 Å². The van der Waals surface area contributed by atoms with Gasteiger partial charge in [-0.3, -0.25) is 0 Å². The Bertz CT molecular complexity index is 733. The molecule has 3 rings (SSSR count). The van der Waals surface area contributed by atoms with Crippen LogP contribution in [0.2, 0.25) is 0 Å². The number of hydrogen-bond donors (Lipinski definition) is 6. The van der Waals surface area contributed by atoms with Gasteiger partial charge in [-0.15, -0.1) is 0 Å². The lowest BCUT2D eigenvalue weighted by Gasteiger charge is -2.42. The summed E-state index contributed by atoms with van der Waals surface area (Å²) in [5, 5.41) is 50.0. The zero-order chi connectivity index (χ0) is 17.5. The predicted molar refractivity (Wildman–Crippen MR) is 85.1 cm³/mol. The molecular weight excluding hydrogens is 316 g/mol. The quantitative estimate of drug-likeness (QED) is 0.427. The molecule has 8 nitrogen and oxygen atoms in total. The van der Waals surface area contributed by atoms with Gasteiger partial charge in [0, 0.05) is 18.0 Å². The van der Waals surface area contributed by atoms with Crippen molar-refractivity contribution in [3.63, 3.8) is 0 Å². The minimum Gasteiger partial charge on any atom is -0.508 e. The van der Waals surface area contributed by atoms with Gasteiger partial charge in [0.05, 0.1) is 18.2 Å². The minimum atomic E-state index is -2.25. The van der Waals surface area contributed by atoms with Gasteiger partial charge in [0.15, 0.2) is 0 Å². The molecule has 7 N–H and O–H groups in total. The van der Waals surface area contributed by atoms with Gasteiger partial charge in [-0.2, -0.15) is 0 Å². The van der Waals surface area contributed by atoms with E-state index in [-0.39, 0.29) is 12.2 Å². The van der Waals surface area contributed by atoms with E-state index in [4.69, 9.17) is 10.5 Å². The number of nitrogens with zero attached hydrogens (tertiary/aromatic N) is 1. The number of hydrogen-bond acceptors (Lipinski definition) is 7. The van der Waals surface area contributed by atoms with Crippen LogP contribution in [0, 0.1) is 0 Å². The number of aliphatic hydroxyl groups is 4. The lowest BCUT2D eigenvalue weighted by Crippen LogP contribution is -2.58. The van der Waals surface area contributed by atoms with Crippen molar-refractivity contribution >= 4 is 10.9 Å². The van der Waals surface area contributed by atoms with Crippen molar-refractivity contribution < 1.29 is 30.3 Å². The van der Waals surface area contributed by atoms with Crippen LogP contribution in [-0.4, -0.2) is 61.2 Å². The first-order valence-corrected chi connectivity index (χ1v) is 7.79. The van der Waals surface area contributed by atoms with Crippen molar-refractivity contribution in [2.75, 3.05) is 13.2 Å². The number of aromatic hydroxyl groups is 1. The van der Waals surface area contributed by atoms with Gasteiger partial charge in [0.2, 0.25) is 5.79 Å². The van der Waals surface area contributed by atoms with E-state index in [0.29, 0.717) is 13.0 Å². The number of rotatable bonds is 4. The molecule has 1 aromatic heterocycles. The SMILES string of the molecule is NCCc1cn(C2C[C@@H](O)[C@H](O)[C@](O)(CO)O2)c2ccc(O)cc12. The standard InChI is InChI=1S/C16H22N2O6/c17-4-3-9-7-18(12-2-1-10(20)5-11(9)12)14-6-13(21)15(22)16(23,8-19)24-14/h1-2,5,7,13-15,19-23H,3-4,6,8,17H2/t13-,14?,15+,16+/m1/s1. The van der Waals surface area contributed by atoms with Gasteiger partial charge in [0.1, 0.15) is 18.1 Å². The molecule has 132 valence electrons. The zero-order valence-corrected chi connectivity index (χ0v) is 13.0. The second kappa shape index (κ2) is 6.32. The number of nitrogens with two attached hydrogens (primary N) is 1. The second-order valence-corrected chi connectivity index (χ2v) is 6.13. The number of aliphatic hydroxyl groups excluding tert-OH is 3. The van der Waals surface area contributed by atoms with Gasteiger partial charge in [-0.05, 0) is 36.7 Å². The van der Waals surface area contributed by atoms with E-state index in [1.807, 2.05) is 0 Å². The maximum Gasteiger partial charge on any atom is 0.220 e. The van der Waals surface area contributed by atoms with E-state index in [2.05, 4.69) is 0 Å². The van der Waals surface area contributed by atoms with Crippen molar-refractivity contribution in [1.82, 2.24) is 4.57 Å². The number of fused-ring (bicyclic) bond motifs is 1. The molecule has 1 saturated heterocycles. The normalized spacial score (nSPS) is 30.8. The Kier molecular flexibility index (Phi) is 4.52. The monoisotopic (exact) mass is 338 g/mol. The average molecular weight is 338 g/mol. The summed E-state index contributed by atoms with van der Waals surface area (Å²) in [6.07, 6.45) is -1.25. The van der Waals surface area contributed by atoms with Crippen molar-refractivity contribution in [2.45, 2.75) is 37.1 Å². The van der Waals surface area contributed by atoms with Crippen LogP contribution in [0.4, 0.5) is 0 Å². The van der Waals surface area contributed by atoms with Crippen LogP contribution in [0.25, 0.3) is 10.9 Å². The Hall–Kier alpha value is -1.68. The highest BCUT2D eigenvalue weighted by atomic mass is 16.7. The Morgan fingerprint density at radius 3 is 2.75 bits per heavy atom. The van der Waals surface area contributed by atoms with Crippen LogP contribution < -0.4 is 5.73 Å². The number of phenols is 1. The maximum absolute atomic E-state index is 10.2. The van der Waals surface area contributed by atoms with E-state index in [9.17, 15) is 25.5 Å². The fraction of sp³-hybridized carbons (Fsp3) is 0.500. The number of benzene rings is 1. The largest absolute Gasteiger partial charge is 0.508 e. The summed E-state index contributed by atoms with van der Waals surface area (Å²) in [6, 6.07) is 4.84. The van der Waals surface area contributed by atoms with Crippen LogP contribution in [0.5, 0.6) is 5.75 Å². The van der Waals surface area contributed by atoms with E-state index < -0.39 is 30.8 Å². The number of aromatic nitrogens is 1. The summed E-state index contributed by atoms with van der Waals surface area (Å²) >= 11 is 0. The fourth-order valence-corrected chi connectivity index (χ4v) is 3.20. The molecule has 0 bridgehead atoms. The molecule has 1 aliphatic heterocycles. The Morgan fingerprint density at radius 2 is 2.08 bits per heavy atom. The van der Waals surface area contributed by atoms with E-state index in [1.165, 1.54) is 6.07 Å². The molecule has 1 unspecified atom stereocenters. The summed E-state index contributed by atoms with van der Waals surface area (Å²) in [5.74, 6) is -2.13. The van der Waals surface area contributed by atoms with Gasteiger partial charge in [0.25, 0.3) is 0 Å². The third-order valence-corrected chi connectivity index (χ3v) is 4.46. The Morgan fingerprint density at radius 1 is 1.33 bits per heavy atom. The smallest absolute Gasteiger partial charge is 0.220 e. The molecule has 0 saturated carbocycles. The minimum absolute atomic E-state index is 0.0379. The molecular formula is C16H22N2O6. The molecule has 1 fully saturated rings. The summed E-state index contributed by atoms with van der Waals surface area (Å²) in [4.78, 5) is 0. The van der Waals surface area contributed by atoms with Crippen LogP contribution in [-0.2, 0) is 11.2 Å². The highest BCUT2D eigenvalue weighted by Crippen LogP contribution is 2.37. The van der Waals surface area contributed by atoms with Crippen molar-refractivity contribution in [3.05, 3.63) is 30.0 Å². The molecule has 0 spiro atoms. The zero-order valence-electron chi connectivity index (χ0n) is 13.0. The van der Waals surface area contributed by atoms with Gasteiger partial charge in [-0.25, -0.2) is 0 Å². The molecule has 2 aromatic rings. The fourth-order valence-electron chi connectivity index (χ4n) is 3.20. The lowest BCUT2D eigenvalue weighted by molar-refractivity contribution is -0.346. The van der Waals surface area contributed by atoms with E-state index in [0.717, 1.165) is 16.5 Å². The summed E-state index contributed by atoms with van der Waals surface area (Å²) in [7, 11) is 0. The van der Waals surface area contributed by atoms with Gasteiger partial charge in [-0.1, -0.05) is 0 Å². The first kappa shape index (κ1) is 17.2. The third-order valence-electron chi connectivity index (χ3n) is 4.46. The molecule has 24 heavy (non-hydrogen) atoms. The van der Waals surface area contributed by atoms with E-state index in [1.54, 1.807) is 22.9 Å². The van der Waals surface area contributed by atoms with Crippen LogP contribution >= 0.6 is 0 Å². The van der Waals surface area contributed by atoms with Crippen molar-refractivity contribution in [1.29, 1.82) is 0 Å². The van der Waals surface area contributed by atoms with Crippen LogP contribution in [0.3, 0.4) is 0 Å². The molecule has 2 heterocycles. The molecule has 0 radical (unpaired) electrons. The summed E-state index contributed by atoms with van der Waals surface area (Å²) in [6.45, 7) is -0.431. The first-order chi connectivity index (χ1) is 11.4. The van der Waals surface area contributed by atoms with E-state index >= 15 is 0 Å². The molecule has 1 aliphatic rings. The molecule has 0 aliphatic carbocycles. The first-order valence-electron chi connectivity index (χ1n) is 7.79. The number of phenolic OH excluding ortho intramolecular Hbond substituents is 1. The highest BCUT2D eigenvalue weighted by molar-refractivity contribution is 5.85. The third kappa shape index (κ3) is 2.77. The molecule has 0 amide bonds. The molecule has 1 aromatic carbocycles. The summed E-state index contributed by atoms with van der Waals surface area (Å²) < 4.78 is 7.19.